The highest BCUT2D eigenvalue weighted by molar-refractivity contribution is 7.98. The van der Waals surface area contributed by atoms with Gasteiger partial charge in [-0.05, 0) is 28.6 Å². The molecule has 118 valence electrons. The Morgan fingerprint density at radius 3 is 2.83 bits per heavy atom. The van der Waals surface area contributed by atoms with E-state index >= 15 is 0 Å². The molecule has 0 atom stereocenters. The van der Waals surface area contributed by atoms with Crippen molar-refractivity contribution in [1.82, 2.24) is 30.2 Å². The Bertz CT molecular complexity index is 910. The van der Waals surface area contributed by atoms with Crippen LogP contribution in [0.4, 0.5) is 5.82 Å². The van der Waals surface area contributed by atoms with Crippen LogP contribution < -0.4 is 11.3 Å². The second-order valence-electron chi connectivity index (χ2n) is 4.37. The maximum absolute atomic E-state index is 11.4. The van der Waals surface area contributed by atoms with Crippen LogP contribution in [-0.2, 0) is 5.75 Å². The lowest BCUT2D eigenvalue weighted by Gasteiger charge is -2.05. The number of nitrogens with one attached hydrogen (secondary N) is 1. The molecular weight excluding hydrogens is 361 g/mol. The first-order chi connectivity index (χ1) is 11.0. The third-order valence-electron chi connectivity index (χ3n) is 2.76. The third kappa shape index (κ3) is 3.63. The molecule has 0 unspecified atom stereocenters. The van der Waals surface area contributed by atoms with E-state index in [1.807, 2.05) is 0 Å². The van der Waals surface area contributed by atoms with E-state index in [-0.39, 0.29) is 11.4 Å². The van der Waals surface area contributed by atoms with Crippen LogP contribution in [0.15, 0.2) is 34.2 Å². The maximum Gasteiger partial charge on any atom is 0.253 e. The number of anilines is 1. The van der Waals surface area contributed by atoms with Gasteiger partial charge in [0.2, 0.25) is 0 Å². The molecule has 2 heterocycles. The number of tetrazole rings is 1. The molecule has 0 saturated heterocycles. The quantitative estimate of drug-likeness (QED) is 0.533. The van der Waals surface area contributed by atoms with Gasteiger partial charge in [0.15, 0.2) is 11.0 Å². The van der Waals surface area contributed by atoms with Crippen molar-refractivity contribution >= 4 is 40.8 Å². The fraction of sp³-hybridized carbons (Fsp3) is 0.0833. The summed E-state index contributed by atoms with van der Waals surface area (Å²) in [6.07, 6.45) is 0. The van der Waals surface area contributed by atoms with Crippen LogP contribution in [0.25, 0.3) is 5.69 Å². The zero-order valence-electron chi connectivity index (χ0n) is 11.4. The largest absolute Gasteiger partial charge is 0.383 e. The van der Waals surface area contributed by atoms with Gasteiger partial charge in [-0.15, -0.1) is 5.10 Å². The van der Waals surface area contributed by atoms with E-state index in [0.717, 1.165) is 0 Å². The molecule has 0 aliphatic heterocycles. The second kappa shape index (κ2) is 6.57. The van der Waals surface area contributed by atoms with Crippen LogP contribution in [0, 0.1) is 0 Å². The Morgan fingerprint density at radius 1 is 1.26 bits per heavy atom. The smallest absolute Gasteiger partial charge is 0.253 e. The molecule has 0 radical (unpaired) electrons. The standard InChI is InChI=1S/C12H9Cl2N7OS/c13-7-2-1-6(3-8(7)14)21-10(18-19-20-21)5-23-12-16-9(15)4-11(22)17-12/h1-4H,5H2,(H3,15,16,17,22). The number of halogens is 2. The number of aromatic amines is 1. The summed E-state index contributed by atoms with van der Waals surface area (Å²) >= 11 is 13.2. The number of thioether (sulfide) groups is 1. The van der Waals surface area contributed by atoms with Crippen molar-refractivity contribution in [1.29, 1.82) is 0 Å². The third-order valence-corrected chi connectivity index (χ3v) is 4.37. The van der Waals surface area contributed by atoms with Crippen molar-refractivity contribution in [3.8, 4) is 5.69 Å². The minimum absolute atomic E-state index is 0.153. The summed E-state index contributed by atoms with van der Waals surface area (Å²) < 4.78 is 1.53. The summed E-state index contributed by atoms with van der Waals surface area (Å²) in [5, 5.41) is 12.8. The number of nitrogens with zero attached hydrogens (tertiary/aromatic N) is 5. The van der Waals surface area contributed by atoms with Crippen LogP contribution in [0.2, 0.25) is 10.0 Å². The Labute approximate surface area is 144 Å². The van der Waals surface area contributed by atoms with Gasteiger partial charge in [0.05, 0.1) is 21.5 Å². The molecule has 2 aromatic heterocycles. The van der Waals surface area contributed by atoms with Crippen LogP contribution >= 0.6 is 35.0 Å². The topological polar surface area (TPSA) is 115 Å². The molecule has 1 aromatic carbocycles. The lowest BCUT2D eigenvalue weighted by atomic mass is 10.3. The number of hydrogen-bond donors (Lipinski definition) is 2. The van der Waals surface area contributed by atoms with Gasteiger partial charge in [-0.1, -0.05) is 35.0 Å². The molecular formula is C12H9Cl2N7OS. The summed E-state index contributed by atoms with van der Waals surface area (Å²) in [5.74, 6) is 1.08. The lowest BCUT2D eigenvalue weighted by molar-refractivity contribution is 0.777. The Hall–Kier alpha value is -2.10. The number of benzene rings is 1. The van der Waals surface area contributed by atoms with Crippen molar-refractivity contribution in [3.63, 3.8) is 0 Å². The van der Waals surface area contributed by atoms with E-state index < -0.39 is 0 Å². The predicted octanol–water partition coefficient (Wildman–Crippen LogP) is 1.93. The molecule has 3 aromatic rings. The van der Waals surface area contributed by atoms with Gasteiger partial charge in [-0.2, -0.15) is 4.68 Å². The number of aromatic nitrogens is 6. The molecule has 0 amide bonds. The highest BCUT2D eigenvalue weighted by atomic mass is 35.5. The zero-order valence-corrected chi connectivity index (χ0v) is 13.7. The van der Waals surface area contributed by atoms with Crippen LogP contribution in [-0.4, -0.2) is 30.2 Å². The van der Waals surface area contributed by atoms with Crippen molar-refractivity contribution in [2.75, 3.05) is 5.73 Å². The Kier molecular flexibility index (Phi) is 4.51. The molecule has 3 rings (SSSR count). The normalized spacial score (nSPS) is 10.9. The number of nitrogens with two attached hydrogens (primary N) is 1. The van der Waals surface area contributed by atoms with E-state index in [1.54, 1.807) is 18.2 Å². The molecule has 0 bridgehead atoms. The molecule has 0 aliphatic carbocycles. The highest BCUT2D eigenvalue weighted by Gasteiger charge is 2.11. The molecule has 3 N–H and O–H groups in total. The predicted molar refractivity (Wildman–Crippen MR) is 88.0 cm³/mol. The van der Waals surface area contributed by atoms with Crippen LogP contribution in [0.5, 0.6) is 0 Å². The minimum Gasteiger partial charge on any atom is -0.383 e. The Morgan fingerprint density at radius 2 is 2.09 bits per heavy atom. The number of nitrogen functional groups attached to an aromatic ring is 1. The molecule has 11 heteroatoms. The van der Waals surface area contributed by atoms with Gasteiger partial charge >= 0.3 is 0 Å². The van der Waals surface area contributed by atoms with Crippen molar-refractivity contribution in [2.24, 2.45) is 0 Å². The van der Waals surface area contributed by atoms with Gasteiger partial charge in [-0.3, -0.25) is 4.79 Å². The average molecular weight is 370 g/mol. The van der Waals surface area contributed by atoms with E-state index in [2.05, 4.69) is 25.5 Å². The average Bonchev–Trinajstić information content (AvgIpc) is 2.95. The summed E-state index contributed by atoms with van der Waals surface area (Å²) in [7, 11) is 0. The van der Waals surface area contributed by atoms with Crippen LogP contribution in [0.1, 0.15) is 5.82 Å². The van der Waals surface area contributed by atoms with Crippen molar-refractivity contribution in [2.45, 2.75) is 10.9 Å². The molecule has 0 saturated carbocycles. The van der Waals surface area contributed by atoms with Gasteiger partial charge < -0.3 is 10.7 Å². The minimum atomic E-state index is -0.316. The first kappa shape index (κ1) is 15.8. The van der Waals surface area contributed by atoms with Crippen molar-refractivity contribution in [3.05, 3.63) is 50.5 Å². The van der Waals surface area contributed by atoms with E-state index in [4.69, 9.17) is 28.9 Å². The first-order valence-electron chi connectivity index (χ1n) is 6.25. The van der Waals surface area contributed by atoms with Gasteiger partial charge in [0.25, 0.3) is 5.56 Å². The second-order valence-corrected chi connectivity index (χ2v) is 6.15. The molecule has 0 spiro atoms. The molecule has 8 nitrogen and oxygen atoms in total. The zero-order chi connectivity index (χ0) is 16.4. The Balaban J connectivity index is 1.83. The lowest BCUT2D eigenvalue weighted by Crippen LogP contribution is -2.10. The van der Waals surface area contributed by atoms with Crippen LogP contribution in [0.3, 0.4) is 0 Å². The number of H-pyrrole nitrogens is 1. The monoisotopic (exact) mass is 369 g/mol. The summed E-state index contributed by atoms with van der Waals surface area (Å²) in [6.45, 7) is 0. The summed E-state index contributed by atoms with van der Waals surface area (Å²) in [5.41, 5.74) is 5.90. The number of rotatable bonds is 4. The summed E-state index contributed by atoms with van der Waals surface area (Å²) in [6, 6.07) is 6.28. The van der Waals surface area contributed by atoms with Gasteiger partial charge in [-0.25, -0.2) is 4.98 Å². The van der Waals surface area contributed by atoms with Gasteiger partial charge in [0.1, 0.15) is 5.82 Å². The van der Waals surface area contributed by atoms with E-state index in [1.165, 1.54) is 22.5 Å². The maximum atomic E-state index is 11.4. The molecule has 0 fully saturated rings. The molecule has 23 heavy (non-hydrogen) atoms. The SMILES string of the molecule is Nc1cc(=O)[nH]c(SCc2nnnn2-c2ccc(Cl)c(Cl)c2)n1. The molecule has 0 aliphatic rings. The van der Waals surface area contributed by atoms with E-state index in [9.17, 15) is 4.79 Å². The summed E-state index contributed by atoms with van der Waals surface area (Å²) in [4.78, 5) is 18.0. The van der Waals surface area contributed by atoms with Gasteiger partial charge in [0, 0.05) is 6.07 Å². The first-order valence-corrected chi connectivity index (χ1v) is 7.99. The highest BCUT2D eigenvalue weighted by Crippen LogP contribution is 2.25. The fourth-order valence-corrected chi connectivity index (χ4v) is 2.85. The number of hydrogen-bond acceptors (Lipinski definition) is 7. The fourth-order valence-electron chi connectivity index (χ4n) is 1.77. The van der Waals surface area contributed by atoms with Crippen molar-refractivity contribution < 1.29 is 0 Å². The van der Waals surface area contributed by atoms with E-state index in [0.29, 0.717) is 32.5 Å².